The second-order valence-corrected chi connectivity index (χ2v) is 7.03. The highest BCUT2D eigenvalue weighted by atomic mass is 32.2. The van der Waals surface area contributed by atoms with Crippen LogP contribution >= 0.6 is 11.8 Å². The minimum absolute atomic E-state index is 0.110. The van der Waals surface area contributed by atoms with E-state index >= 15 is 0 Å². The number of nitrogens with one attached hydrogen (secondary N) is 1. The predicted molar refractivity (Wildman–Crippen MR) is 89.5 cm³/mol. The standard InChI is InChI=1S/C17H29NOS/c1-5-17(13-19,18-14(2)3)10-7-11-20-16-9-6-8-15(4)12-16/h6,8-9,12,14,18-19H,5,7,10-11,13H2,1-4H3. The molecule has 0 heterocycles. The zero-order valence-corrected chi connectivity index (χ0v) is 14.1. The van der Waals surface area contributed by atoms with Crippen LogP contribution in [-0.2, 0) is 0 Å². The maximum absolute atomic E-state index is 9.71. The zero-order chi connectivity index (χ0) is 15.0. The number of aliphatic hydroxyl groups excluding tert-OH is 1. The minimum atomic E-state index is -0.110. The summed E-state index contributed by atoms with van der Waals surface area (Å²) in [5.74, 6) is 1.10. The Morgan fingerprint density at radius 3 is 2.65 bits per heavy atom. The van der Waals surface area contributed by atoms with Crippen molar-refractivity contribution in [2.45, 2.75) is 63.4 Å². The van der Waals surface area contributed by atoms with Crippen LogP contribution in [0.4, 0.5) is 0 Å². The summed E-state index contributed by atoms with van der Waals surface area (Å²) in [5.41, 5.74) is 1.20. The summed E-state index contributed by atoms with van der Waals surface area (Å²) in [6.45, 7) is 8.78. The Kier molecular flexibility index (Phi) is 7.63. The maximum Gasteiger partial charge on any atom is 0.0613 e. The van der Waals surface area contributed by atoms with Gasteiger partial charge in [0.05, 0.1) is 6.61 Å². The fraction of sp³-hybridized carbons (Fsp3) is 0.647. The van der Waals surface area contributed by atoms with Crippen molar-refractivity contribution >= 4 is 11.8 Å². The molecule has 0 saturated carbocycles. The van der Waals surface area contributed by atoms with Crippen LogP contribution in [0.25, 0.3) is 0 Å². The Balaban J connectivity index is 2.41. The summed E-state index contributed by atoms with van der Waals surface area (Å²) in [7, 11) is 0. The van der Waals surface area contributed by atoms with Gasteiger partial charge in [-0.25, -0.2) is 0 Å². The third kappa shape index (κ3) is 5.86. The molecule has 2 N–H and O–H groups in total. The lowest BCUT2D eigenvalue weighted by Gasteiger charge is -2.34. The van der Waals surface area contributed by atoms with Crippen molar-refractivity contribution in [3.05, 3.63) is 29.8 Å². The van der Waals surface area contributed by atoms with Crippen molar-refractivity contribution in [2.24, 2.45) is 0 Å². The van der Waals surface area contributed by atoms with Crippen LogP contribution in [0.15, 0.2) is 29.2 Å². The lowest BCUT2D eigenvalue weighted by atomic mass is 9.91. The van der Waals surface area contributed by atoms with Crippen LogP contribution < -0.4 is 5.32 Å². The topological polar surface area (TPSA) is 32.3 Å². The van der Waals surface area contributed by atoms with Crippen molar-refractivity contribution in [1.29, 1.82) is 0 Å². The Morgan fingerprint density at radius 1 is 1.35 bits per heavy atom. The second kappa shape index (κ2) is 8.71. The lowest BCUT2D eigenvalue weighted by molar-refractivity contribution is 0.137. The third-order valence-corrected chi connectivity index (χ3v) is 4.71. The molecule has 2 nitrogen and oxygen atoms in total. The molecule has 0 aliphatic heterocycles. The molecule has 0 saturated heterocycles. The molecular weight excluding hydrogens is 266 g/mol. The van der Waals surface area contributed by atoms with Crippen LogP contribution in [0, 0.1) is 6.92 Å². The second-order valence-electron chi connectivity index (χ2n) is 5.86. The van der Waals surface area contributed by atoms with Crippen molar-refractivity contribution < 1.29 is 5.11 Å². The molecule has 0 aliphatic carbocycles. The van der Waals surface area contributed by atoms with Gasteiger partial charge in [0, 0.05) is 16.5 Å². The summed E-state index contributed by atoms with van der Waals surface area (Å²) in [6, 6.07) is 9.05. The van der Waals surface area contributed by atoms with Crippen LogP contribution in [0.1, 0.15) is 45.6 Å². The van der Waals surface area contributed by atoms with Crippen molar-refractivity contribution in [3.8, 4) is 0 Å². The van der Waals surface area contributed by atoms with Gasteiger partial charge in [-0.1, -0.05) is 38.5 Å². The third-order valence-electron chi connectivity index (χ3n) is 3.63. The molecule has 0 spiro atoms. The Labute approximate surface area is 128 Å². The molecule has 0 radical (unpaired) electrons. The molecule has 0 aromatic heterocycles. The van der Waals surface area contributed by atoms with Gasteiger partial charge < -0.3 is 10.4 Å². The van der Waals surface area contributed by atoms with E-state index in [0.717, 1.165) is 25.0 Å². The lowest BCUT2D eigenvalue weighted by Crippen LogP contribution is -2.51. The van der Waals surface area contributed by atoms with Crippen LogP contribution in [0.5, 0.6) is 0 Å². The average molecular weight is 295 g/mol. The van der Waals surface area contributed by atoms with E-state index < -0.39 is 0 Å². The van der Waals surface area contributed by atoms with E-state index in [4.69, 9.17) is 0 Å². The number of hydrogen-bond donors (Lipinski definition) is 2. The predicted octanol–water partition coefficient (Wildman–Crippen LogP) is 4.01. The first-order chi connectivity index (χ1) is 9.51. The summed E-state index contributed by atoms with van der Waals surface area (Å²) in [5, 5.41) is 13.3. The van der Waals surface area contributed by atoms with Gasteiger partial charge in [-0.3, -0.25) is 0 Å². The van der Waals surface area contributed by atoms with Crippen LogP contribution in [0.2, 0.25) is 0 Å². The first-order valence-electron chi connectivity index (χ1n) is 7.59. The molecule has 1 aromatic rings. The SMILES string of the molecule is CCC(CO)(CCCSc1cccc(C)c1)NC(C)C. The molecule has 0 fully saturated rings. The number of benzene rings is 1. The fourth-order valence-electron chi connectivity index (χ4n) is 2.51. The molecule has 1 unspecified atom stereocenters. The van der Waals surface area contributed by atoms with E-state index in [1.54, 1.807) is 0 Å². The molecule has 0 amide bonds. The van der Waals surface area contributed by atoms with Crippen molar-refractivity contribution in [3.63, 3.8) is 0 Å². The fourth-order valence-corrected chi connectivity index (χ4v) is 3.47. The molecule has 0 bridgehead atoms. The van der Waals surface area contributed by atoms with Crippen molar-refractivity contribution in [2.75, 3.05) is 12.4 Å². The normalized spacial score (nSPS) is 14.5. The zero-order valence-electron chi connectivity index (χ0n) is 13.3. The van der Waals surface area contributed by atoms with E-state index in [0.29, 0.717) is 6.04 Å². The first-order valence-corrected chi connectivity index (χ1v) is 8.58. The summed E-state index contributed by atoms with van der Waals surface area (Å²) in [4.78, 5) is 1.34. The van der Waals surface area contributed by atoms with Gasteiger partial charge in [0.1, 0.15) is 0 Å². The number of aryl methyl sites for hydroxylation is 1. The van der Waals surface area contributed by atoms with Gasteiger partial charge in [-0.2, -0.15) is 0 Å². The van der Waals surface area contributed by atoms with E-state index in [1.807, 2.05) is 11.8 Å². The largest absolute Gasteiger partial charge is 0.394 e. The summed E-state index contributed by atoms with van der Waals surface area (Å²) < 4.78 is 0. The van der Waals surface area contributed by atoms with Gasteiger partial charge >= 0.3 is 0 Å². The van der Waals surface area contributed by atoms with Gasteiger partial charge in [0.25, 0.3) is 0 Å². The number of thioether (sulfide) groups is 1. The van der Waals surface area contributed by atoms with Gasteiger partial charge in [-0.15, -0.1) is 11.8 Å². The molecule has 1 aromatic carbocycles. The van der Waals surface area contributed by atoms with E-state index in [1.165, 1.54) is 10.5 Å². The van der Waals surface area contributed by atoms with Gasteiger partial charge in [-0.05, 0) is 44.1 Å². The van der Waals surface area contributed by atoms with Gasteiger partial charge in [0.15, 0.2) is 0 Å². The van der Waals surface area contributed by atoms with Gasteiger partial charge in [0.2, 0.25) is 0 Å². The molecule has 1 atom stereocenters. The van der Waals surface area contributed by atoms with E-state index in [9.17, 15) is 5.11 Å². The van der Waals surface area contributed by atoms with E-state index in [-0.39, 0.29) is 12.1 Å². The molecule has 114 valence electrons. The molecule has 20 heavy (non-hydrogen) atoms. The average Bonchev–Trinajstić information content (AvgIpc) is 2.42. The Bertz CT molecular complexity index is 388. The van der Waals surface area contributed by atoms with Crippen LogP contribution in [0.3, 0.4) is 0 Å². The minimum Gasteiger partial charge on any atom is -0.394 e. The number of hydrogen-bond acceptors (Lipinski definition) is 3. The molecule has 1 rings (SSSR count). The van der Waals surface area contributed by atoms with Crippen molar-refractivity contribution in [1.82, 2.24) is 5.32 Å². The Hall–Kier alpha value is -0.510. The highest BCUT2D eigenvalue weighted by Gasteiger charge is 2.26. The highest BCUT2D eigenvalue weighted by molar-refractivity contribution is 7.99. The molecule has 0 aliphatic rings. The first kappa shape index (κ1) is 17.5. The maximum atomic E-state index is 9.71. The number of aliphatic hydroxyl groups is 1. The summed E-state index contributed by atoms with van der Waals surface area (Å²) >= 11 is 1.91. The Morgan fingerprint density at radius 2 is 2.10 bits per heavy atom. The van der Waals surface area contributed by atoms with Crippen LogP contribution in [-0.4, -0.2) is 29.0 Å². The quantitative estimate of drug-likeness (QED) is 0.533. The summed E-state index contributed by atoms with van der Waals surface area (Å²) in [6.07, 6.45) is 3.11. The molecular formula is C17H29NOS. The molecule has 3 heteroatoms. The smallest absolute Gasteiger partial charge is 0.0613 e. The number of rotatable bonds is 9. The highest BCUT2D eigenvalue weighted by Crippen LogP contribution is 2.24. The monoisotopic (exact) mass is 295 g/mol. The van der Waals surface area contributed by atoms with E-state index in [2.05, 4.69) is 57.3 Å².